The Morgan fingerprint density at radius 2 is 2.13 bits per heavy atom. The average Bonchev–Trinajstić information content (AvgIpc) is 3.38. The van der Waals surface area contributed by atoms with Crippen LogP contribution in [-0.2, 0) is 26.8 Å². The molecule has 1 aliphatic heterocycles. The van der Waals surface area contributed by atoms with Crippen LogP contribution in [0, 0.1) is 26.7 Å². The Morgan fingerprint density at radius 1 is 1.37 bits per heavy atom. The molecule has 164 valence electrons. The smallest absolute Gasteiger partial charge is 0.244 e. The normalized spacial score (nSPS) is 26.3. The first-order valence-electron chi connectivity index (χ1n) is 10.2. The quantitative estimate of drug-likeness (QED) is 0.707. The van der Waals surface area contributed by atoms with Crippen LogP contribution in [0.4, 0.5) is 0 Å². The predicted molar refractivity (Wildman–Crippen MR) is 108 cm³/mol. The van der Waals surface area contributed by atoms with Gasteiger partial charge in [-0.2, -0.15) is 10.1 Å². The molecule has 10 nitrogen and oxygen atoms in total. The summed E-state index contributed by atoms with van der Waals surface area (Å²) in [6.45, 7) is 8.35. The Hall–Kier alpha value is -2.27. The summed E-state index contributed by atoms with van der Waals surface area (Å²) in [5.41, 5.74) is 1.28. The van der Waals surface area contributed by atoms with Crippen molar-refractivity contribution < 1.29 is 17.7 Å². The zero-order valence-electron chi connectivity index (χ0n) is 17.8. The second kappa shape index (κ2) is 7.45. The van der Waals surface area contributed by atoms with Crippen molar-refractivity contribution in [1.82, 2.24) is 29.5 Å². The number of nitrogens with zero attached hydrogens (tertiary/aromatic N) is 5. The summed E-state index contributed by atoms with van der Waals surface area (Å²) in [7, 11) is -3.32. The number of aryl methyl sites for hydroxylation is 3. The first kappa shape index (κ1) is 21.0. The van der Waals surface area contributed by atoms with E-state index in [4.69, 9.17) is 4.52 Å². The minimum absolute atomic E-state index is 0.0168. The van der Waals surface area contributed by atoms with Crippen LogP contribution < -0.4 is 4.72 Å². The lowest BCUT2D eigenvalue weighted by Crippen LogP contribution is -2.40. The number of likely N-dealkylation sites (tertiary alicyclic amines) is 1. The molecule has 1 saturated heterocycles. The number of carbonyl (C=O) groups is 1. The number of hydrogen-bond acceptors (Lipinski definition) is 7. The molecule has 0 unspecified atom stereocenters. The van der Waals surface area contributed by atoms with Crippen LogP contribution >= 0.6 is 0 Å². The third kappa shape index (κ3) is 3.76. The number of nitrogens with one attached hydrogen (secondary N) is 1. The number of rotatable bonds is 6. The maximum absolute atomic E-state index is 13.0. The van der Waals surface area contributed by atoms with E-state index in [-0.39, 0.29) is 30.2 Å². The van der Waals surface area contributed by atoms with Gasteiger partial charge in [0.2, 0.25) is 21.8 Å². The highest BCUT2D eigenvalue weighted by molar-refractivity contribution is 7.89. The van der Waals surface area contributed by atoms with E-state index in [1.54, 1.807) is 18.5 Å². The summed E-state index contributed by atoms with van der Waals surface area (Å²) in [5.74, 6) is 1.09. The van der Waals surface area contributed by atoms with Gasteiger partial charge >= 0.3 is 0 Å². The Bertz CT molecular complexity index is 1060. The van der Waals surface area contributed by atoms with Gasteiger partial charge in [-0.25, -0.2) is 13.1 Å². The molecule has 11 heteroatoms. The van der Waals surface area contributed by atoms with Crippen molar-refractivity contribution in [1.29, 1.82) is 0 Å². The fraction of sp³-hybridized carbons (Fsp3) is 0.684. The molecule has 1 aliphatic carbocycles. The Morgan fingerprint density at radius 3 is 2.73 bits per heavy atom. The molecule has 3 atom stereocenters. The summed E-state index contributed by atoms with van der Waals surface area (Å²) in [6.07, 6.45) is 1.16. The molecule has 2 aromatic rings. The molecule has 2 aromatic heterocycles. The van der Waals surface area contributed by atoms with Crippen LogP contribution in [-0.4, -0.2) is 64.0 Å². The van der Waals surface area contributed by atoms with Gasteiger partial charge in [-0.3, -0.25) is 9.48 Å². The Kier molecular flexibility index (Phi) is 5.21. The fourth-order valence-electron chi connectivity index (χ4n) is 4.88. The van der Waals surface area contributed by atoms with Crippen LogP contribution in [0.5, 0.6) is 0 Å². The Balaban J connectivity index is 1.56. The molecule has 1 amide bonds. The van der Waals surface area contributed by atoms with Crippen LogP contribution in [0.1, 0.15) is 42.9 Å². The minimum Gasteiger partial charge on any atom is -0.340 e. The topological polar surface area (TPSA) is 123 Å². The number of hydrogen-bond donors (Lipinski definition) is 1. The van der Waals surface area contributed by atoms with Gasteiger partial charge in [0.25, 0.3) is 0 Å². The van der Waals surface area contributed by atoms with Crippen molar-refractivity contribution in [2.24, 2.45) is 5.92 Å². The van der Waals surface area contributed by atoms with Gasteiger partial charge in [-0.15, -0.1) is 0 Å². The molecule has 1 saturated carbocycles. The molecule has 0 aromatic carbocycles. The van der Waals surface area contributed by atoms with E-state index >= 15 is 0 Å². The molecule has 2 aliphatic rings. The second-order valence-electron chi connectivity index (χ2n) is 8.52. The van der Waals surface area contributed by atoms with E-state index in [2.05, 4.69) is 20.0 Å². The minimum atomic E-state index is -3.32. The maximum atomic E-state index is 13.0. The van der Waals surface area contributed by atoms with Crippen molar-refractivity contribution in [3.63, 3.8) is 0 Å². The molecule has 30 heavy (non-hydrogen) atoms. The highest BCUT2D eigenvalue weighted by Crippen LogP contribution is 2.50. The zero-order chi connectivity index (χ0) is 21.7. The zero-order valence-corrected chi connectivity index (χ0v) is 18.6. The third-order valence-electron chi connectivity index (χ3n) is 6.30. The van der Waals surface area contributed by atoms with Gasteiger partial charge in [0, 0.05) is 24.8 Å². The van der Waals surface area contributed by atoms with E-state index in [0.29, 0.717) is 37.6 Å². The van der Waals surface area contributed by atoms with Crippen LogP contribution in [0.15, 0.2) is 10.6 Å². The molecule has 1 N–H and O–H groups in total. The van der Waals surface area contributed by atoms with E-state index < -0.39 is 15.4 Å². The third-order valence-corrected chi connectivity index (χ3v) is 7.75. The van der Waals surface area contributed by atoms with Crippen molar-refractivity contribution >= 4 is 15.9 Å². The maximum Gasteiger partial charge on any atom is 0.244 e. The van der Waals surface area contributed by atoms with Gasteiger partial charge < -0.3 is 9.42 Å². The molecular formula is C19H28N6O4S. The number of amides is 1. The fourth-order valence-corrected chi connectivity index (χ4v) is 5.74. The standard InChI is InChI=1S/C19H28N6O4S/c1-5-30(27,28)23-16-7-15-9-24(17(26)10-25-13(3)6-12(2)21-25)11-19(15,8-16)18-20-14(4)22-29-18/h6,15-16,23H,5,7-11H2,1-4H3/t15-,16+,19-/m0/s1. The highest BCUT2D eigenvalue weighted by atomic mass is 32.2. The van der Waals surface area contributed by atoms with E-state index in [1.807, 2.05) is 24.8 Å². The predicted octanol–water partition coefficient (Wildman–Crippen LogP) is 0.689. The van der Waals surface area contributed by atoms with E-state index in [1.165, 1.54) is 0 Å². The first-order valence-corrected chi connectivity index (χ1v) is 11.9. The van der Waals surface area contributed by atoms with E-state index in [0.717, 1.165) is 11.4 Å². The van der Waals surface area contributed by atoms with Gasteiger partial charge in [0.05, 0.1) is 16.9 Å². The molecule has 0 radical (unpaired) electrons. The van der Waals surface area contributed by atoms with Crippen molar-refractivity contribution in [3.8, 4) is 0 Å². The summed E-state index contributed by atoms with van der Waals surface area (Å²) in [4.78, 5) is 19.3. The summed E-state index contributed by atoms with van der Waals surface area (Å²) >= 11 is 0. The van der Waals surface area contributed by atoms with Crippen LogP contribution in [0.2, 0.25) is 0 Å². The molecular weight excluding hydrogens is 408 g/mol. The largest absolute Gasteiger partial charge is 0.340 e. The van der Waals surface area contributed by atoms with Gasteiger partial charge in [0.1, 0.15) is 6.54 Å². The lowest BCUT2D eigenvalue weighted by atomic mass is 9.80. The van der Waals surface area contributed by atoms with Gasteiger partial charge in [-0.1, -0.05) is 5.16 Å². The molecule has 0 bridgehead atoms. The lowest BCUT2D eigenvalue weighted by molar-refractivity contribution is -0.131. The molecule has 3 heterocycles. The summed E-state index contributed by atoms with van der Waals surface area (Å²) in [6, 6.07) is 1.74. The van der Waals surface area contributed by atoms with E-state index in [9.17, 15) is 13.2 Å². The molecule has 2 fully saturated rings. The number of sulfonamides is 1. The highest BCUT2D eigenvalue weighted by Gasteiger charge is 2.58. The lowest BCUT2D eigenvalue weighted by Gasteiger charge is -2.25. The van der Waals surface area contributed by atoms with Crippen LogP contribution in [0.3, 0.4) is 0 Å². The Labute approximate surface area is 176 Å². The summed E-state index contributed by atoms with van der Waals surface area (Å²) in [5, 5.41) is 8.33. The van der Waals surface area contributed by atoms with Crippen molar-refractivity contribution in [3.05, 3.63) is 29.2 Å². The van der Waals surface area contributed by atoms with Gasteiger partial charge in [0.15, 0.2) is 5.82 Å². The molecule has 0 spiro atoms. The number of carbonyl (C=O) groups excluding carboxylic acids is 1. The first-order chi connectivity index (χ1) is 14.1. The second-order valence-corrected chi connectivity index (χ2v) is 10.6. The van der Waals surface area contributed by atoms with Crippen LogP contribution in [0.25, 0.3) is 0 Å². The van der Waals surface area contributed by atoms with Gasteiger partial charge in [-0.05, 0) is 52.5 Å². The summed E-state index contributed by atoms with van der Waals surface area (Å²) < 4.78 is 34.2. The van der Waals surface area contributed by atoms with Crippen molar-refractivity contribution in [2.45, 2.75) is 58.5 Å². The molecule has 4 rings (SSSR count). The number of aromatic nitrogens is 4. The van der Waals surface area contributed by atoms with Crippen molar-refractivity contribution in [2.75, 3.05) is 18.8 Å². The monoisotopic (exact) mass is 436 g/mol. The number of fused-ring (bicyclic) bond motifs is 1. The average molecular weight is 437 g/mol. The SMILES string of the molecule is CCS(=O)(=O)N[C@@H]1C[C@H]2CN(C(=O)Cn3nc(C)cc3C)C[C@@]2(c2nc(C)no2)C1.